The summed E-state index contributed by atoms with van der Waals surface area (Å²) in [6, 6.07) is 7.14. The van der Waals surface area contributed by atoms with Gasteiger partial charge in [0.2, 0.25) is 0 Å². The van der Waals surface area contributed by atoms with Gasteiger partial charge in [-0.1, -0.05) is 32.9 Å². The molecule has 0 saturated carbocycles. The normalized spacial score (nSPS) is 13.3. The second-order valence-electron chi connectivity index (χ2n) is 6.17. The van der Waals surface area contributed by atoms with Crippen LogP contribution in [0.4, 0.5) is 0 Å². The van der Waals surface area contributed by atoms with Crippen LogP contribution in [-0.2, 0) is 0 Å². The van der Waals surface area contributed by atoms with Gasteiger partial charge in [-0.2, -0.15) is 0 Å². The van der Waals surface area contributed by atoms with Crippen LogP contribution in [0, 0.1) is 5.41 Å². The molecule has 112 valence electrons. The van der Waals surface area contributed by atoms with E-state index in [2.05, 4.69) is 39.6 Å². The van der Waals surface area contributed by atoms with Crippen molar-refractivity contribution in [3.63, 3.8) is 0 Å². The van der Waals surface area contributed by atoms with E-state index in [1.54, 1.807) is 24.3 Å². The van der Waals surface area contributed by atoms with E-state index in [1.807, 2.05) is 0 Å². The van der Waals surface area contributed by atoms with Gasteiger partial charge in [0.05, 0.1) is 0 Å². The van der Waals surface area contributed by atoms with Gasteiger partial charge in [0.25, 0.3) is 0 Å². The Kier molecular flexibility index (Phi) is 5.57. The van der Waals surface area contributed by atoms with Crippen LogP contribution in [-0.4, -0.2) is 42.2 Å². The molecule has 20 heavy (non-hydrogen) atoms. The first-order valence-electron chi connectivity index (χ1n) is 6.89. The maximum atomic E-state index is 11.1. The van der Waals surface area contributed by atoms with E-state index < -0.39 is 5.97 Å². The second-order valence-corrected chi connectivity index (χ2v) is 6.17. The Morgan fingerprint density at radius 3 is 2.50 bits per heavy atom. The molecule has 0 radical (unpaired) electrons. The molecule has 4 heteroatoms. The molecule has 0 spiro atoms. The summed E-state index contributed by atoms with van der Waals surface area (Å²) in [5.74, 6) is -0.533. The second kappa shape index (κ2) is 6.75. The van der Waals surface area contributed by atoms with E-state index in [9.17, 15) is 4.79 Å². The zero-order valence-corrected chi connectivity index (χ0v) is 13.0. The Morgan fingerprint density at radius 1 is 1.35 bits per heavy atom. The third-order valence-electron chi connectivity index (χ3n) is 3.73. The van der Waals surface area contributed by atoms with Gasteiger partial charge in [-0.05, 0) is 31.5 Å². The van der Waals surface area contributed by atoms with Gasteiger partial charge >= 0.3 is 5.97 Å². The van der Waals surface area contributed by atoms with E-state index in [1.165, 1.54) is 0 Å². The van der Waals surface area contributed by atoms with Crippen LogP contribution in [0.3, 0.4) is 0 Å². The van der Waals surface area contributed by atoms with Crippen molar-refractivity contribution in [2.45, 2.75) is 33.7 Å². The number of nitrogens with zero attached hydrogens (tertiary/aromatic N) is 1. The molecule has 0 fully saturated rings. The molecule has 1 N–H and O–H groups in total. The van der Waals surface area contributed by atoms with Gasteiger partial charge < -0.3 is 9.84 Å². The molecule has 0 amide bonds. The zero-order chi connectivity index (χ0) is 15.3. The smallest absolute Gasteiger partial charge is 0.339 e. The van der Waals surface area contributed by atoms with Crippen LogP contribution in [0.25, 0.3) is 0 Å². The molecule has 0 aromatic heterocycles. The van der Waals surface area contributed by atoms with E-state index in [0.29, 0.717) is 18.4 Å². The zero-order valence-electron chi connectivity index (χ0n) is 13.0. The largest absolute Gasteiger partial charge is 0.491 e. The molecule has 0 aliphatic rings. The van der Waals surface area contributed by atoms with Gasteiger partial charge in [0, 0.05) is 12.6 Å². The minimum atomic E-state index is -0.961. The number of likely N-dealkylation sites (N-methyl/N-ethyl adjacent to an activating group) is 1. The van der Waals surface area contributed by atoms with Gasteiger partial charge in [-0.25, -0.2) is 4.79 Å². The number of benzene rings is 1. The lowest BCUT2D eigenvalue weighted by atomic mass is 9.87. The van der Waals surface area contributed by atoms with E-state index in [4.69, 9.17) is 9.84 Å². The Hall–Kier alpha value is -1.55. The minimum absolute atomic E-state index is 0.202. The predicted octanol–water partition coefficient (Wildman–Crippen LogP) is 3.13. The number of hydrogen-bond donors (Lipinski definition) is 1. The van der Waals surface area contributed by atoms with Crippen molar-refractivity contribution in [1.82, 2.24) is 4.90 Å². The average Bonchev–Trinajstić information content (AvgIpc) is 2.37. The number of hydrogen-bond acceptors (Lipinski definition) is 3. The van der Waals surface area contributed by atoms with Gasteiger partial charge in [0.15, 0.2) is 0 Å². The lowest BCUT2D eigenvalue weighted by Gasteiger charge is -2.35. The van der Waals surface area contributed by atoms with Crippen molar-refractivity contribution in [3.8, 4) is 5.75 Å². The molecule has 0 aliphatic heterocycles. The Morgan fingerprint density at radius 2 is 1.95 bits per heavy atom. The third-order valence-corrected chi connectivity index (χ3v) is 3.73. The lowest BCUT2D eigenvalue weighted by molar-refractivity contribution is 0.0690. The first kappa shape index (κ1) is 16.5. The summed E-state index contributed by atoms with van der Waals surface area (Å²) in [6.45, 7) is 10.0. The topological polar surface area (TPSA) is 49.8 Å². The highest BCUT2D eigenvalue weighted by Crippen LogP contribution is 2.23. The number of rotatable bonds is 6. The highest BCUT2D eigenvalue weighted by atomic mass is 16.5. The summed E-state index contributed by atoms with van der Waals surface area (Å²) in [7, 11) is 2.06. The van der Waals surface area contributed by atoms with E-state index in [0.717, 1.165) is 6.54 Å². The monoisotopic (exact) mass is 279 g/mol. The van der Waals surface area contributed by atoms with Gasteiger partial charge in [-0.15, -0.1) is 0 Å². The molecule has 1 unspecified atom stereocenters. The van der Waals surface area contributed by atoms with Crippen LogP contribution in [0.5, 0.6) is 5.75 Å². The van der Waals surface area contributed by atoms with Crippen molar-refractivity contribution in [2.75, 3.05) is 20.2 Å². The average molecular weight is 279 g/mol. The molecule has 0 bridgehead atoms. The molecule has 1 aromatic rings. The maximum absolute atomic E-state index is 11.1. The number of ether oxygens (including phenoxy) is 1. The number of carbonyl (C=O) groups is 1. The highest BCUT2D eigenvalue weighted by molar-refractivity contribution is 5.90. The Bertz CT molecular complexity index is 451. The van der Waals surface area contributed by atoms with Crippen molar-refractivity contribution < 1.29 is 14.6 Å². The predicted molar refractivity (Wildman–Crippen MR) is 80.4 cm³/mol. The summed E-state index contributed by atoms with van der Waals surface area (Å²) in [4.78, 5) is 13.3. The fourth-order valence-corrected chi connectivity index (χ4v) is 1.92. The lowest BCUT2D eigenvalue weighted by Crippen LogP contribution is -2.41. The van der Waals surface area contributed by atoms with Crippen LogP contribution in [0.2, 0.25) is 0 Å². The van der Waals surface area contributed by atoms with Gasteiger partial charge in [-0.3, -0.25) is 4.90 Å². The molecule has 0 saturated heterocycles. The van der Waals surface area contributed by atoms with Crippen LogP contribution in [0.1, 0.15) is 38.1 Å². The number of para-hydroxylation sites is 1. The number of carboxylic acid groups (broad SMARTS) is 1. The first-order chi connectivity index (χ1) is 9.23. The molecule has 0 heterocycles. The van der Waals surface area contributed by atoms with Crippen LogP contribution < -0.4 is 4.74 Å². The van der Waals surface area contributed by atoms with Crippen molar-refractivity contribution >= 4 is 5.97 Å². The summed E-state index contributed by atoms with van der Waals surface area (Å²) in [5, 5.41) is 9.08. The Labute approximate surface area is 121 Å². The van der Waals surface area contributed by atoms with Crippen molar-refractivity contribution in [1.29, 1.82) is 0 Å². The van der Waals surface area contributed by atoms with E-state index in [-0.39, 0.29) is 11.0 Å². The molecule has 1 rings (SSSR count). The van der Waals surface area contributed by atoms with E-state index >= 15 is 0 Å². The fraction of sp³-hybridized carbons (Fsp3) is 0.562. The highest BCUT2D eigenvalue weighted by Gasteiger charge is 2.23. The first-order valence-corrected chi connectivity index (χ1v) is 6.89. The number of carboxylic acids is 1. The van der Waals surface area contributed by atoms with Gasteiger partial charge in [0.1, 0.15) is 17.9 Å². The van der Waals surface area contributed by atoms with Crippen molar-refractivity contribution in [3.05, 3.63) is 29.8 Å². The molecular weight excluding hydrogens is 254 g/mol. The molecular formula is C16H25NO3. The summed E-state index contributed by atoms with van der Waals surface area (Å²) >= 11 is 0. The standard InChI is InChI=1S/C16H25NO3/c1-12(16(2,3)4)17(5)10-11-20-14-9-7-6-8-13(14)15(18)19/h6-9,12H,10-11H2,1-5H3,(H,18,19). The van der Waals surface area contributed by atoms with Crippen molar-refractivity contribution in [2.24, 2.45) is 5.41 Å². The molecule has 4 nitrogen and oxygen atoms in total. The summed E-state index contributed by atoms with van der Waals surface area (Å²) in [5.41, 5.74) is 0.410. The fourth-order valence-electron chi connectivity index (χ4n) is 1.92. The third kappa shape index (κ3) is 4.53. The quantitative estimate of drug-likeness (QED) is 0.869. The maximum Gasteiger partial charge on any atom is 0.339 e. The minimum Gasteiger partial charge on any atom is -0.491 e. The Balaban J connectivity index is 2.55. The molecule has 1 atom stereocenters. The summed E-state index contributed by atoms with van der Waals surface area (Å²) in [6.07, 6.45) is 0. The molecule has 1 aromatic carbocycles. The van der Waals surface area contributed by atoms with Crippen LogP contribution >= 0.6 is 0 Å². The van der Waals surface area contributed by atoms with Crippen LogP contribution in [0.15, 0.2) is 24.3 Å². The SMILES string of the molecule is CC(N(C)CCOc1ccccc1C(=O)O)C(C)(C)C. The summed E-state index contributed by atoms with van der Waals surface area (Å²) < 4.78 is 5.61. The molecule has 0 aliphatic carbocycles. The number of aromatic carboxylic acids is 1.